The van der Waals surface area contributed by atoms with Gasteiger partial charge in [0.15, 0.2) is 0 Å². The van der Waals surface area contributed by atoms with Crippen LogP contribution in [0, 0.1) is 6.92 Å². The molecule has 1 amide bonds. The van der Waals surface area contributed by atoms with Crippen LogP contribution in [0.5, 0.6) is 0 Å². The standard InChI is InChI=1S/C11H17N3O/c1-3-4-7-14-8-10(9(2)13-14)5-6-11(12)15/h5-6,8H,3-4,7H2,1-2H3,(H2,12,15)/b6-5+. The number of amides is 1. The van der Waals surface area contributed by atoms with E-state index in [-0.39, 0.29) is 0 Å². The van der Waals surface area contributed by atoms with Gasteiger partial charge in [-0.2, -0.15) is 5.10 Å². The van der Waals surface area contributed by atoms with E-state index in [1.165, 1.54) is 6.08 Å². The average Bonchev–Trinajstić information content (AvgIpc) is 2.53. The van der Waals surface area contributed by atoms with Crippen molar-refractivity contribution in [3.8, 4) is 0 Å². The third-order valence-corrected chi connectivity index (χ3v) is 2.15. The second-order valence-corrected chi connectivity index (χ2v) is 3.52. The largest absolute Gasteiger partial charge is 0.366 e. The first-order valence-electron chi connectivity index (χ1n) is 5.15. The molecule has 0 aliphatic heterocycles. The molecule has 0 saturated carbocycles. The maximum absolute atomic E-state index is 10.6. The van der Waals surface area contributed by atoms with Crippen molar-refractivity contribution < 1.29 is 4.79 Å². The molecule has 1 heterocycles. The molecular weight excluding hydrogens is 190 g/mol. The topological polar surface area (TPSA) is 60.9 Å². The predicted molar refractivity (Wildman–Crippen MR) is 60.1 cm³/mol. The Bertz CT molecular complexity index is 366. The highest BCUT2D eigenvalue weighted by molar-refractivity contribution is 5.90. The molecule has 1 rings (SSSR count). The van der Waals surface area contributed by atoms with Gasteiger partial charge < -0.3 is 5.73 Å². The number of primary amides is 1. The Labute approximate surface area is 89.8 Å². The zero-order valence-corrected chi connectivity index (χ0v) is 9.23. The van der Waals surface area contributed by atoms with Crippen molar-refractivity contribution in [2.24, 2.45) is 5.73 Å². The zero-order chi connectivity index (χ0) is 11.3. The minimum absolute atomic E-state index is 0.435. The van der Waals surface area contributed by atoms with Gasteiger partial charge in [0, 0.05) is 24.4 Å². The molecule has 0 aromatic carbocycles. The Hall–Kier alpha value is -1.58. The van der Waals surface area contributed by atoms with Gasteiger partial charge in [-0.25, -0.2) is 0 Å². The number of hydrogen-bond acceptors (Lipinski definition) is 2. The number of carbonyl (C=O) groups excluding carboxylic acids is 1. The molecule has 0 bridgehead atoms. The molecule has 15 heavy (non-hydrogen) atoms. The Kier molecular flexibility index (Phi) is 4.09. The fourth-order valence-electron chi connectivity index (χ4n) is 1.30. The molecule has 0 aliphatic carbocycles. The second kappa shape index (κ2) is 5.34. The van der Waals surface area contributed by atoms with Gasteiger partial charge >= 0.3 is 0 Å². The van der Waals surface area contributed by atoms with Crippen LogP contribution in [0.2, 0.25) is 0 Å². The van der Waals surface area contributed by atoms with Crippen LogP contribution in [0.25, 0.3) is 6.08 Å². The first kappa shape index (κ1) is 11.5. The molecule has 0 saturated heterocycles. The van der Waals surface area contributed by atoms with Crippen LogP contribution in [-0.4, -0.2) is 15.7 Å². The van der Waals surface area contributed by atoms with Crippen molar-refractivity contribution in [3.05, 3.63) is 23.5 Å². The first-order valence-corrected chi connectivity index (χ1v) is 5.15. The molecule has 4 nitrogen and oxygen atoms in total. The van der Waals surface area contributed by atoms with Gasteiger partial charge in [-0.3, -0.25) is 9.48 Å². The molecular formula is C11H17N3O. The maximum atomic E-state index is 10.6. The number of rotatable bonds is 5. The van der Waals surface area contributed by atoms with E-state index in [1.807, 2.05) is 17.8 Å². The molecule has 1 aromatic rings. The molecule has 1 aromatic heterocycles. The summed E-state index contributed by atoms with van der Waals surface area (Å²) in [6.07, 6.45) is 7.25. The molecule has 0 unspecified atom stereocenters. The summed E-state index contributed by atoms with van der Waals surface area (Å²) in [7, 11) is 0. The lowest BCUT2D eigenvalue weighted by atomic mass is 10.2. The number of carbonyl (C=O) groups is 1. The van der Waals surface area contributed by atoms with Crippen LogP contribution in [0.15, 0.2) is 12.3 Å². The van der Waals surface area contributed by atoms with Gasteiger partial charge in [0.1, 0.15) is 0 Å². The van der Waals surface area contributed by atoms with Gasteiger partial charge in [0.2, 0.25) is 5.91 Å². The van der Waals surface area contributed by atoms with Crippen molar-refractivity contribution in [1.29, 1.82) is 0 Å². The zero-order valence-electron chi connectivity index (χ0n) is 9.23. The maximum Gasteiger partial charge on any atom is 0.241 e. The minimum Gasteiger partial charge on any atom is -0.366 e. The summed E-state index contributed by atoms with van der Waals surface area (Å²) in [5.74, 6) is -0.435. The van der Waals surface area contributed by atoms with Gasteiger partial charge in [-0.05, 0) is 19.4 Å². The fraction of sp³-hybridized carbons (Fsp3) is 0.455. The summed E-state index contributed by atoms with van der Waals surface area (Å²) < 4.78 is 1.90. The number of aryl methyl sites for hydroxylation is 2. The number of unbranched alkanes of at least 4 members (excludes halogenated alkanes) is 1. The van der Waals surface area contributed by atoms with E-state index in [2.05, 4.69) is 12.0 Å². The Morgan fingerprint density at radius 2 is 2.40 bits per heavy atom. The first-order chi connectivity index (χ1) is 7.13. The van der Waals surface area contributed by atoms with Crippen molar-refractivity contribution in [2.75, 3.05) is 0 Å². The van der Waals surface area contributed by atoms with Crippen molar-refractivity contribution >= 4 is 12.0 Å². The van der Waals surface area contributed by atoms with E-state index in [1.54, 1.807) is 6.08 Å². The van der Waals surface area contributed by atoms with Gasteiger partial charge in [-0.1, -0.05) is 13.3 Å². The number of hydrogen-bond donors (Lipinski definition) is 1. The van der Waals surface area contributed by atoms with Gasteiger partial charge in [-0.15, -0.1) is 0 Å². The fourth-order valence-corrected chi connectivity index (χ4v) is 1.30. The van der Waals surface area contributed by atoms with E-state index in [0.29, 0.717) is 0 Å². The SMILES string of the molecule is CCCCn1cc(/C=C/C(N)=O)c(C)n1. The summed E-state index contributed by atoms with van der Waals surface area (Å²) in [5, 5.41) is 4.34. The quantitative estimate of drug-likeness (QED) is 0.743. The van der Waals surface area contributed by atoms with E-state index in [9.17, 15) is 4.79 Å². The highest BCUT2D eigenvalue weighted by Gasteiger charge is 2.01. The van der Waals surface area contributed by atoms with Crippen LogP contribution in [0.1, 0.15) is 31.0 Å². The van der Waals surface area contributed by atoms with E-state index in [0.717, 1.165) is 30.6 Å². The lowest BCUT2D eigenvalue weighted by Crippen LogP contribution is -2.05. The smallest absolute Gasteiger partial charge is 0.241 e. The summed E-state index contributed by atoms with van der Waals surface area (Å²) in [4.78, 5) is 10.6. The predicted octanol–water partition coefficient (Wildman–Crippen LogP) is 1.49. The molecule has 2 N–H and O–H groups in total. The highest BCUT2D eigenvalue weighted by atomic mass is 16.1. The van der Waals surface area contributed by atoms with Crippen LogP contribution in [0.3, 0.4) is 0 Å². The van der Waals surface area contributed by atoms with Crippen molar-refractivity contribution in [3.63, 3.8) is 0 Å². The van der Waals surface area contributed by atoms with Crippen molar-refractivity contribution in [2.45, 2.75) is 33.2 Å². The molecule has 4 heteroatoms. The Morgan fingerprint density at radius 3 is 3.00 bits per heavy atom. The minimum atomic E-state index is -0.435. The van der Waals surface area contributed by atoms with Crippen LogP contribution < -0.4 is 5.73 Å². The Balaban J connectivity index is 2.72. The van der Waals surface area contributed by atoms with E-state index >= 15 is 0 Å². The molecule has 0 spiro atoms. The van der Waals surface area contributed by atoms with Crippen LogP contribution >= 0.6 is 0 Å². The number of nitrogens with zero attached hydrogens (tertiary/aromatic N) is 2. The summed E-state index contributed by atoms with van der Waals surface area (Å²) >= 11 is 0. The monoisotopic (exact) mass is 207 g/mol. The van der Waals surface area contributed by atoms with E-state index < -0.39 is 5.91 Å². The lowest BCUT2D eigenvalue weighted by Gasteiger charge is -1.96. The summed E-state index contributed by atoms with van der Waals surface area (Å²) in [6.45, 7) is 4.98. The molecule has 82 valence electrons. The normalized spacial score (nSPS) is 11.1. The van der Waals surface area contributed by atoms with E-state index in [4.69, 9.17) is 5.73 Å². The average molecular weight is 207 g/mol. The third kappa shape index (κ3) is 3.58. The van der Waals surface area contributed by atoms with Crippen molar-refractivity contribution in [1.82, 2.24) is 9.78 Å². The van der Waals surface area contributed by atoms with Crippen LogP contribution in [-0.2, 0) is 11.3 Å². The molecule has 0 fully saturated rings. The van der Waals surface area contributed by atoms with Gasteiger partial charge in [0.05, 0.1) is 5.69 Å². The highest BCUT2D eigenvalue weighted by Crippen LogP contribution is 2.08. The molecule has 0 aliphatic rings. The second-order valence-electron chi connectivity index (χ2n) is 3.52. The molecule has 0 atom stereocenters. The Morgan fingerprint density at radius 1 is 1.67 bits per heavy atom. The summed E-state index contributed by atoms with van der Waals surface area (Å²) in [6, 6.07) is 0. The lowest BCUT2D eigenvalue weighted by molar-refractivity contribution is -0.113. The van der Waals surface area contributed by atoms with Crippen LogP contribution in [0.4, 0.5) is 0 Å². The summed E-state index contributed by atoms with van der Waals surface area (Å²) in [5.41, 5.74) is 6.89. The molecule has 0 radical (unpaired) electrons. The van der Waals surface area contributed by atoms with Gasteiger partial charge in [0.25, 0.3) is 0 Å². The number of nitrogens with two attached hydrogens (primary N) is 1. The third-order valence-electron chi connectivity index (χ3n) is 2.15. The number of aromatic nitrogens is 2.